The van der Waals surface area contributed by atoms with Gasteiger partial charge in [0, 0.05) is 36.1 Å². The lowest BCUT2D eigenvalue weighted by atomic mass is 9.97. The Labute approximate surface area is 251 Å². The summed E-state index contributed by atoms with van der Waals surface area (Å²) in [6.07, 6.45) is 1.27. The number of ether oxygens (including phenoxy) is 1. The molecule has 2 atom stereocenters. The van der Waals surface area contributed by atoms with Gasteiger partial charge in [-0.15, -0.1) is 11.3 Å². The van der Waals surface area contributed by atoms with E-state index in [2.05, 4.69) is 32.1 Å². The number of carboxylic acid groups (broad SMARTS) is 1. The van der Waals surface area contributed by atoms with Crippen LogP contribution in [0.15, 0.2) is 30.6 Å². The molecule has 2 aliphatic rings. The molecule has 5 rings (SSSR count). The third kappa shape index (κ3) is 7.02. The number of alkyl halides is 3. The molecule has 1 aromatic carbocycles. The molecule has 232 valence electrons. The van der Waals surface area contributed by atoms with Crippen molar-refractivity contribution in [3.05, 3.63) is 46.7 Å². The SMILES string of the molecule is CC[C@@H]1CCCN1Cc1sc(NC(O)c2cnc(N3CCC(C(=O)O)CC3)cn2)nc1-c1ccc(OC)c(C(F)(F)F)c1. The summed E-state index contributed by atoms with van der Waals surface area (Å²) in [5, 5.41) is 23.4. The van der Waals surface area contributed by atoms with Crippen LogP contribution in [0.1, 0.15) is 61.4 Å². The first-order valence-corrected chi connectivity index (χ1v) is 15.1. The van der Waals surface area contributed by atoms with Crippen LogP contribution in [0.5, 0.6) is 5.75 Å². The van der Waals surface area contributed by atoms with Gasteiger partial charge >= 0.3 is 12.1 Å². The van der Waals surface area contributed by atoms with E-state index in [0.29, 0.717) is 60.7 Å². The summed E-state index contributed by atoms with van der Waals surface area (Å²) in [7, 11) is 1.21. The summed E-state index contributed by atoms with van der Waals surface area (Å²) >= 11 is 1.29. The number of rotatable bonds is 10. The quantitative estimate of drug-likeness (QED) is 0.254. The topological polar surface area (TPSA) is 124 Å². The predicted molar refractivity (Wildman–Crippen MR) is 156 cm³/mol. The van der Waals surface area contributed by atoms with Crippen LogP contribution in [0.3, 0.4) is 0 Å². The van der Waals surface area contributed by atoms with E-state index in [1.54, 1.807) is 6.07 Å². The van der Waals surface area contributed by atoms with Gasteiger partial charge in [0.25, 0.3) is 0 Å². The van der Waals surface area contributed by atoms with Gasteiger partial charge in [-0.2, -0.15) is 13.2 Å². The number of aliphatic hydroxyl groups excluding tert-OH is 1. The van der Waals surface area contributed by atoms with Crippen LogP contribution in [0.25, 0.3) is 11.3 Å². The normalized spacial score (nSPS) is 19.0. The Hall–Kier alpha value is -3.49. The Bertz CT molecular complexity index is 1410. The standard InChI is InChI=1S/C29H35F3N6O4S/c1-3-19-5-4-10-38(19)16-23-25(18-6-7-22(42-2)20(13-18)29(30,31)32)35-28(43-23)36-26(39)21-14-34-24(15-33-21)37-11-8-17(9-12-37)27(40)41/h6-7,13-15,17,19,26,39H,3-5,8-12,16H2,1-2H3,(H,35,36)(H,40,41)/t19-,26?/m1/s1. The summed E-state index contributed by atoms with van der Waals surface area (Å²) in [6.45, 7) is 4.65. The molecule has 3 aromatic rings. The Morgan fingerprint density at radius 3 is 2.58 bits per heavy atom. The lowest BCUT2D eigenvalue weighted by molar-refractivity contribution is -0.142. The molecular formula is C29H35F3N6O4S. The number of halogens is 3. The summed E-state index contributed by atoms with van der Waals surface area (Å²) < 4.78 is 46.4. The van der Waals surface area contributed by atoms with Crippen molar-refractivity contribution >= 4 is 28.3 Å². The molecule has 0 spiro atoms. The van der Waals surface area contributed by atoms with Crippen molar-refractivity contribution in [1.29, 1.82) is 0 Å². The molecule has 1 unspecified atom stereocenters. The number of nitrogens with zero attached hydrogens (tertiary/aromatic N) is 5. The number of hydrogen-bond acceptors (Lipinski definition) is 10. The lowest BCUT2D eigenvalue weighted by Crippen LogP contribution is -2.36. The van der Waals surface area contributed by atoms with Crippen molar-refractivity contribution in [2.24, 2.45) is 5.92 Å². The van der Waals surface area contributed by atoms with Gasteiger partial charge in [-0.3, -0.25) is 14.7 Å². The van der Waals surface area contributed by atoms with Crippen LogP contribution in [0, 0.1) is 5.92 Å². The van der Waals surface area contributed by atoms with Crippen molar-refractivity contribution in [2.45, 2.75) is 64.0 Å². The van der Waals surface area contributed by atoms with E-state index in [-0.39, 0.29) is 17.4 Å². The average Bonchev–Trinajstić information content (AvgIpc) is 3.62. The van der Waals surface area contributed by atoms with Crippen molar-refractivity contribution in [1.82, 2.24) is 19.9 Å². The summed E-state index contributed by atoms with van der Waals surface area (Å²) in [4.78, 5) is 29.7. The van der Waals surface area contributed by atoms with E-state index in [1.807, 2.05) is 4.90 Å². The summed E-state index contributed by atoms with van der Waals surface area (Å²) in [5.74, 6) is -0.823. The van der Waals surface area contributed by atoms with Gasteiger partial charge in [0.15, 0.2) is 11.4 Å². The van der Waals surface area contributed by atoms with Crippen LogP contribution in [0.2, 0.25) is 0 Å². The molecule has 2 fully saturated rings. The molecule has 3 N–H and O–H groups in total. The molecular weight excluding hydrogens is 585 g/mol. The lowest BCUT2D eigenvalue weighted by Gasteiger charge is -2.30. The second kappa shape index (κ2) is 13.0. The van der Waals surface area contributed by atoms with Gasteiger partial charge in [0.1, 0.15) is 17.3 Å². The Morgan fingerprint density at radius 1 is 1.19 bits per heavy atom. The molecule has 0 radical (unpaired) electrons. The molecule has 2 saturated heterocycles. The number of carboxylic acids is 1. The van der Waals surface area contributed by atoms with Crippen molar-refractivity contribution < 1.29 is 32.9 Å². The van der Waals surface area contributed by atoms with Crippen LogP contribution in [0.4, 0.5) is 24.1 Å². The number of thiazole rings is 1. The highest BCUT2D eigenvalue weighted by Crippen LogP contribution is 2.41. The zero-order valence-corrected chi connectivity index (χ0v) is 24.8. The highest BCUT2D eigenvalue weighted by Gasteiger charge is 2.35. The smallest absolute Gasteiger partial charge is 0.419 e. The van der Waals surface area contributed by atoms with Crippen LogP contribution in [-0.2, 0) is 17.5 Å². The average molecular weight is 621 g/mol. The molecule has 2 aromatic heterocycles. The van der Waals surface area contributed by atoms with E-state index >= 15 is 0 Å². The minimum atomic E-state index is -4.60. The van der Waals surface area contributed by atoms with Gasteiger partial charge in [-0.05, 0) is 56.8 Å². The van der Waals surface area contributed by atoms with Crippen molar-refractivity contribution in [3.8, 4) is 17.0 Å². The number of aromatic nitrogens is 3. The van der Waals surface area contributed by atoms with E-state index in [0.717, 1.165) is 36.8 Å². The molecule has 0 aliphatic carbocycles. The number of likely N-dealkylation sites (tertiary alicyclic amines) is 1. The van der Waals surface area contributed by atoms with Crippen LogP contribution in [-0.4, -0.2) is 68.8 Å². The fourth-order valence-corrected chi connectivity index (χ4v) is 6.79. The zero-order chi connectivity index (χ0) is 30.7. The van der Waals surface area contributed by atoms with Gasteiger partial charge in [0.05, 0.1) is 36.7 Å². The third-order valence-corrected chi connectivity index (χ3v) is 9.13. The number of methoxy groups -OCH3 is 1. The molecule has 10 nitrogen and oxygen atoms in total. The van der Waals surface area contributed by atoms with Gasteiger partial charge in [-0.25, -0.2) is 9.97 Å². The largest absolute Gasteiger partial charge is 0.496 e. The van der Waals surface area contributed by atoms with Gasteiger partial charge < -0.3 is 25.2 Å². The van der Waals surface area contributed by atoms with Gasteiger partial charge in [-0.1, -0.05) is 6.92 Å². The summed E-state index contributed by atoms with van der Waals surface area (Å²) in [6, 6.07) is 4.32. The third-order valence-electron chi connectivity index (χ3n) is 8.16. The Balaban J connectivity index is 1.37. The highest BCUT2D eigenvalue weighted by molar-refractivity contribution is 7.16. The maximum atomic E-state index is 13.8. The fourth-order valence-electron chi connectivity index (χ4n) is 5.76. The van der Waals surface area contributed by atoms with Crippen LogP contribution >= 0.6 is 11.3 Å². The maximum absolute atomic E-state index is 13.8. The molecule has 43 heavy (non-hydrogen) atoms. The van der Waals surface area contributed by atoms with E-state index in [1.165, 1.54) is 36.9 Å². The first-order chi connectivity index (χ1) is 20.6. The number of aliphatic carboxylic acids is 1. The monoisotopic (exact) mass is 620 g/mol. The Morgan fingerprint density at radius 2 is 1.95 bits per heavy atom. The molecule has 0 amide bonds. The summed E-state index contributed by atoms with van der Waals surface area (Å²) in [5.41, 5.74) is 0.0961. The second-order valence-corrected chi connectivity index (χ2v) is 11.9. The van der Waals surface area contributed by atoms with Crippen molar-refractivity contribution in [2.75, 3.05) is 37.0 Å². The zero-order valence-electron chi connectivity index (χ0n) is 24.0. The molecule has 0 bridgehead atoms. The number of benzene rings is 1. The molecule has 2 aliphatic heterocycles. The van der Waals surface area contributed by atoms with Gasteiger partial charge in [0.2, 0.25) is 0 Å². The number of aliphatic hydroxyl groups is 1. The molecule has 0 saturated carbocycles. The minimum Gasteiger partial charge on any atom is -0.496 e. The van der Waals surface area contributed by atoms with E-state index < -0.39 is 23.9 Å². The predicted octanol–water partition coefficient (Wildman–Crippen LogP) is 5.41. The number of piperidine rings is 1. The number of nitrogens with one attached hydrogen (secondary N) is 1. The van der Waals surface area contributed by atoms with Crippen molar-refractivity contribution in [3.63, 3.8) is 0 Å². The second-order valence-electron chi connectivity index (χ2n) is 10.8. The number of carbonyl (C=O) groups is 1. The molecule has 14 heteroatoms. The number of hydrogen-bond donors (Lipinski definition) is 3. The first-order valence-electron chi connectivity index (χ1n) is 14.3. The van der Waals surface area contributed by atoms with Crippen LogP contribution < -0.4 is 15.0 Å². The Kier molecular flexibility index (Phi) is 9.37. The molecule has 4 heterocycles. The van der Waals surface area contributed by atoms with E-state index in [4.69, 9.17) is 4.74 Å². The minimum absolute atomic E-state index is 0.247. The van der Waals surface area contributed by atoms with E-state index in [9.17, 15) is 28.2 Å². The number of anilines is 2. The maximum Gasteiger partial charge on any atom is 0.419 e. The fraction of sp³-hybridized carbons (Fsp3) is 0.517. The highest BCUT2D eigenvalue weighted by atomic mass is 32.1. The first kappa shape index (κ1) is 31.0.